The lowest BCUT2D eigenvalue weighted by molar-refractivity contribution is 0.182. The molecule has 2 amide bonds. The van der Waals surface area contributed by atoms with Crippen LogP contribution in [0.3, 0.4) is 0 Å². The first-order chi connectivity index (χ1) is 11.3. The number of carbonyl (C=O) groups excluding carboxylic acids is 1. The quantitative estimate of drug-likeness (QED) is 0.802. The van der Waals surface area contributed by atoms with Gasteiger partial charge < -0.3 is 9.80 Å². The monoisotopic (exact) mass is 324 g/mol. The average molecular weight is 324 g/mol. The summed E-state index contributed by atoms with van der Waals surface area (Å²) in [5, 5.41) is 0. The van der Waals surface area contributed by atoms with Gasteiger partial charge in [-0.05, 0) is 11.1 Å². The van der Waals surface area contributed by atoms with Crippen molar-refractivity contribution in [1.82, 2.24) is 9.80 Å². The largest absolute Gasteiger partial charge is 0.321 e. The number of amides is 2. The smallest absolute Gasteiger partial charge is 0.314 e. The summed E-state index contributed by atoms with van der Waals surface area (Å²) in [4.78, 5) is 17.1. The van der Waals surface area contributed by atoms with Crippen molar-refractivity contribution in [3.63, 3.8) is 0 Å². The second-order valence-electron chi connectivity index (χ2n) is 6.18. The van der Waals surface area contributed by atoms with E-state index in [9.17, 15) is 4.79 Å². The molecule has 2 aliphatic heterocycles. The molecule has 2 atom stereocenters. The molecule has 0 aliphatic carbocycles. The highest BCUT2D eigenvalue weighted by Crippen LogP contribution is 2.35. The van der Waals surface area contributed by atoms with E-state index in [1.165, 1.54) is 11.1 Å². The summed E-state index contributed by atoms with van der Waals surface area (Å²) < 4.78 is 0. The minimum Gasteiger partial charge on any atom is -0.314 e. The number of thioether (sulfide) groups is 1. The first-order valence-corrected chi connectivity index (χ1v) is 9.21. The summed E-state index contributed by atoms with van der Waals surface area (Å²) in [5.41, 5.74) is 2.41. The lowest BCUT2D eigenvalue weighted by Gasteiger charge is -2.22. The topological polar surface area (TPSA) is 23.6 Å². The summed E-state index contributed by atoms with van der Waals surface area (Å²) in [6.07, 6.45) is 0. The van der Waals surface area contributed by atoms with Crippen molar-refractivity contribution < 1.29 is 4.79 Å². The van der Waals surface area contributed by atoms with Crippen LogP contribution in [0.15, 0.2) is 60.7 Å². The molecule has 0 spiro atoms. The Morgan fingerprint density at radius 3 is 1.65 bits per heavy atom. The number of hydrogen-bond donors (Lipinski definition) is 0. The molecule has 0 bridgehead atoms. The van der Waals surface area contributed by atoms with Gasteiger partial charge in [-0.3, -0.25) is 0 Å². The molecule has 2 fully saturated rings. The molecule has 2 heterocycles. The van der Waals surface area contributed by atoms with Crippen LogP contribution in [0.5, 0.6) is 0 Å². The van der Waals surface area contributed by atoms with Crippen LogP contribution in [0.1, 0.15) is 11.1 Å². The van der Waals surface area contributed by atoms with Crippen molar-refractivity contribution in [1.29, 1.82) is 0 Å². The van der Waals surface area contributed by atoms with Crippen LogP contribution < -0.4 is 0 Å². The highest BCUT2D eigenvalue weighted by Gasteiger charge is 2.48. The third-order valence-corrected chi connectivity index (χ3v) is 5.86. The van der Waals surface area contributed by atoms with Crippen molar-refractivity contribution in [2.24, 2.45) is 0 Å². The van der Waals surface area contributed by atoms with Crippen LogP contribution in [0.25, 0.3) is 0 Å². The van der Waals surface area contributed by atoms with Crippen molar-refractivity contribution >= 4 is 17.8 Å². The van der Waals surface area contributed by atoms with Crippen LogP contribution in [0.2, 0.25) is 0 Å². The van der Waals surface area contributed by atoms with Crippen molar-refractivity contribution in [3.8, 4) is 0 Å². The Morgan fingerprint density at radius 1 is 0.783 bits per heavy atom. The summed E-state index contributed by atoms with van der Waals surface area (Å²) in [7, 11) is 0. The normalized spacial score (nSPS) is 23.4. The lowest BCUT2D eigenvalue weighted by Crippen LogP contribution is -2.35. The fraction of sp³-hybridized carbons (Fsp3) is 0.316. The third kappa shape index (κ3) is 2.83. The molecule has 4 rings (SSSR count). The van der Waals surface area contributed by atoms with Crippen LogP contribution in [-0.2, 0) is 13.1 Å². The second-order valence-corrected chi connectivity index (χ2v) is 7.26. The zero-order valence-electron chi connectivity index (χ0n) is 13.0. The van der Waals surface area contributed by atoms with Gasteiger partial charge in [-0.2, -0.15) is 11.8 Å². The molecular formula is C19H20N2OS. The van der Waals surface area contributed by atoms with Crippen molar-refractivity contribution in [2.75, 3.05) is 11.5 Å². The molecule has 0 aromatic heterocycles. The van der Waals surface area contributed by atoms with Gasteiger partial charge in [0.05, 0.1) is 12.1 Å². The predicted molar refractivity (Wildman–Crippen MR) is 94.3 cm³/mol. The molecule has 0 unspecified atom stereocenters. The minimum absolute atomic E-state index is 0.188. The van der Waals surface area contributed by atoms with Crippen LogP contribution in [-0.4, -0.2) is 39.4 Å². The van der Waals surface area contributed by atoms with Crippen molar-refractivity contribution in [2.45, 2.75) is 25.2 Å². The molecule has 2 aromatic rings. The van der Waals surface area contributed by atoms with Gasteiger partial charge in [-0.1, -0.05) is 60.7 Å². The highest BCUT2D eigenvalue weighted by molar-refractivity contribution is 7.99. The zero-order chi connectivity index (χ0) is 15.6. The predicted octanol–water partition coefficient (Wildman–Crippen LogP) is 3.61. The number of fused-ring (bicyclic) bond motifs is 1. The second kappa shape index (κ2) is 6.28. The Morgan fingerprint density at radius 2 is 1.22 bits per heavy atom. The fourth-order valence-corrected chi connectivity index (χ4v) is 4.93. The zero-order valence-corrected chi connectivity index (χ0v) is 13.8. The number of benzene rings is 2. The fourth-order valence-electron chi connectivity index (χ4n) is 3.51. The Kier molecular flexibility index (Phi) is 4.00. The molecule has 0 radical (unpaired) electrons. The van der Waals surface area contributed by atoms with E-state index in [-0.39, 0.29) is 6.03 Å². The maximum absolute atomic E-state index is 13.0. The van der Waals surface area contributed by atoms with E-state index in [4.69, 9.17) is 0 Å². The van der Waals surface area contributed by atoms with E-state index in [1.54, 1.807) is 0 Å². The minimum atomic E-state index is 0.188. The number of nitrogens with zero attached hydrogens (tertiary/aromatic N) is 2. The third-order valence-electron chi connectivity index (χ3n) is 4.70. The van der Waals surface area contributed by atoms with E-state index in [1.807, 2.05) is 48.2 Å². The van der Waals surface area contributed by atoms with Gasteiger partial charge in [-0.25, -0.2) is 4.79 Å². The molecule has 23 heavy (non-hydrogen) atoms. The summed E-state index contributed by atoms with van der Waals surface area (Å²) in [6, 6.07) is 21.5. The number of rotatable bonds is 4. The molecule has 2 aromatic carbocycles. The Hall–Kier alpha value is -1.94. The van der Waals surface area contributed by atoms with Gasteiger partial charge in [0.1, 0.15) is 0 Å². The molecule has 4 heteroatoms. The van der Waals surface area contributed by atoms with E-state index < -0.39 is 0 Å². The molecule has 0 N–H and O–H groups in total. The van der Waals surface area contributed by atoms with Gasteiger partial charge in [-0.15, -0.1) is 0 Å². The standard InChI is InChI=1S/C19H20N2OS/c22-19-20(11-15-7-3-1-4-8-15)17-13-23-14-18(17)21(19)12-16-9-5-2-6-10-16/h1-10,17-18H,11-14H2/t17-,18+. The van der Waals surface area contributed by atoms with E-state index in [0.717, 1.165) is 11.5 Å². The molecule has 2 saturated heterocycles. The number of urea groups is 1. The van der Waals surface area contributed by atoms with E-state index >= 15 is 0 Å². The van der Waals surface area contributed by atoms with Gasteiger partial charge in [0, 0.05) is 24.6 Å². The first kappa shape index (κ1) is 14.6. The molecule has 2 aliphatic rings. The lowest BCUT2D eigenvalue weighted by atomic mass is 10.1. The Labute approximate surface area is 141 Å². The van der Waals surface area contributed by atoms with Gasteiger partial charge in [0.15, 0.2) is 0 Å². The van der Waals surface area contributed by atoms with Crippen LogP contribution >= 0.6 is 11.8 Å². The first-order valence-electron chi connectivity index (χ1n) is 8.06. The van der Waals surface area contributed by atoms with Gasteiger partial charge in [0.2, 0.25) is 0 Å². The Balaban J connectivity index is 1.56. The number of carbonyl (C=O) groups is 1. The average Bonchev–Trinajstić information content (AvgIpc) is 3.15. The summed E-state index contributed by atoms with van der Waals surface area (Å²) in [5.74, 6) is 2.10. The molecular weight excluding hydrogens is 304 g/mol. The van der Waals surface area contributed by atoms with Crippen LogP contribution in [0, 0.1) is 0 Å². The van der Waals surface area contributed by atoms with Crippen LogP contribution in [0.4, 0.5) is 4.79 Å². The highest BCUT2D eigenvalue weighted by atomic mass is 32.2. The maximum Gasteiger partial charge on any atom is 0.321 e. The SMILES string of the molecule is O=C1N(Cc2ccccc2)[C@@H]2CSC[C@@H]2N1Cc1ccccc1. The summed E-state index contributed by atoms with van der Waals surface area (Å²) in [6.45, 7) is 1.43. The van der Waals surface area contributed by atoms with E-state index in [0.29, 0.717) is 25.2 Å². The van der Waals surface area contributed by atoms with E-state index in [2.05, 4.69) is 34.1 Å². The molecule has 3 nitrogen and oxygen atoms in total. The molecule has 118 valence electrons. The number of hydrogen-bond acceptors (Lipinski definition) is 2. The Bertz CT molecular complexity index is 619. The maximum atomic E-state index is 13.0. The van der Waals surface area contributed by atoms with Crippen molar-refractivity contribution in [3.05, 3.63) is 71.8 Å². The van der Waals surface area contributed by atoms with Gasteiger partial charge in [0.25, 0.3) is 0 Å². The van der Waals surface area contributed by atoms with Gasteiger partial charge >= 0.3 is 6.03 Å². The molecule has 0 saturated carbocycles. The summed E-state index contributed by atoms with van der Waals surface area (Å²) >= 11 is 1.96.